The molecule has 0 unspecified atom stereocenters. The molecule has 6 nitrogen and oxygen atoms in total. The lowest BCUT2D eigenvalue weighted by Gasteiger charge is -2.26. The van der Waals surface area contributed by atoms with Crippen LogP contribution in [0.5, 0.6) is 0 Å². The van der Waals surface area contributed by atoms with E-state index in [1.807, 2.05) is 0 Å². The summed E-state index contributed by atoms with van der Waals surface area (Å²) in [6, 6.07) is 4.56. The largest absolute Gasteiger partial charge is 0.416 e. The van der Waals surface area contributed by atoms with Crippen LogP contribution in [0.1, 0.15) is 16.1 Å². The molecular formula is C16H15F3N4O2. The minimum absolute atomic E-state index is 0.208. The van der Waals surface area contributed by atoms with Crippen molar-refractivity contribution in [2.45, 2.75) is 6.18 Å². The molecule has 2 aromatic rings. The first kappa shape index (κ1) is 17.2. The van der Waals surface area contributed by atoms with Crippen LogP contribution in [0.4, 0.5) is 24.7 Å². The Labute approximate surface area is 141 Å². The molecule has 132 valence electrons. The smallest absolute Gasteiger partial charge is 0.378 e. The Morgan fingerprint density at radius 1 is 1.08 bits per heavy atom. The van der Waals surface area contributed by atoms with E-state index in [0.29, 0.717) is 37.8 Å². The Morgan fingerprint density at radius 3 is 2.32 bits per heavy atom. The maximum Gasteiger partial charge on any atom is 0.416 e. The van der Waals surface area contributed by atoms with Gasteiger partial charge in [0, 0.05) is 18.8 Å². The number of ether oxygens (including phenoxy) is 1. The zero-order valence-corrected chi connectivity index (χ0v) is 13.1. The van der Waals surface area contributed by atoms with Crippen molar-refractivity contribution >= 4 is 17.4 Å². The minimum Gasteiger partial charge on any atom is -0.378 e. The van der Waals surface area contributed by atoms with E-state index in [4.69, 9.17) is 4.74 Å². The molecule has 2 heterocycles. The zero-order valence-electron chi connectivity index (χ0n) is 13.1. The van der Waals surface area contributed by atoms with E-state index < -0.39 is 11.7 Å². The monoisotopic (exact) mass is 352 g/mol. The van der Waals surface area contributed by atoms with Gasteiger partial charge in [-0.05, 0) is 24.3 Å². The highest BCUT2D eigenvalue weighted by Gasteiger charge is 2.29. The van der Waals surface area contributed by atoms with Gasteiger partial charge < -0.3 is 15.0 Å². The Bertz CT molecular complexity index is 727. The molecule has 3 rings (SSSR count). The van der Waals surface area contributed by atoms with Gasteiger partial charge in [0.05, 0.1) is 31.2 Å². The van der Waals surface area contributed by atoms with Crippen molar-refractivity contribution in [3.05, 3.63) is 47.9 Å². The van der Waals surface area contributed by atoms with Gasteiger partial charge in [-0.25, -0.2) is 9.97 Å². The number of alkyl halides is 3. The Morgan fingerprint density at radius 2 is 1.76 bits per heavy atom. The van der Waals surface area contributed by atoms with Crippen LogP contribution in [0, 0.1) is 0 Å². The fourth-order valence-corrected chi connectivity index (χ4v) is 2.32. The van der Waals surface area contributed by atoms with Crippen LogP contribution in [-0.4, -0.2) is 47.1 Å². The maximum absolute atomic E-state index is 12.5. The molecule has 1 N–H and O–H groups in total. The average Bonchev–Trinajstić information content (AvgIpc) is 2.62. The first-order chi connectivity index (χ1) is 11.9. The molecule has 1 fully saturated rings. The molecule has 0 aliphatic carbocycles. The Balaban J connectivity index is 1.65. The number of anilines is 2. The molecule has 1 aromatic carbocycles. The number of carbonyl (C=O) groups excluding carboxylic acids is 1. The standard InChI is InChI=1S/C16H15F3N4O2/c17-16(18,19)11-1-3-12(4-2-11)22-14-10-20-13(9-21-14)15(24)23-5-7-25-8-6-23/h1-4,9-10H,5-8H2,(H,21,22). The number of benzene rings is 1. The number of nitrogens with zero attached hydrogens (tertiary/aromatic N) is 3. The summed E-state index contributed by atoms with van der Waals surface area (Å²) < 4.78 is 42.8. The normalized spacial score (nSPS) is 15.1. The van der Waals surface area contributed by atoms with Crippen LogP contribution in [0.3, 0.4) is 0 Å². The maximum atomic E-state index is 12.5. The zero-order chi connectivity index (χ0) is 17.9. The summed E-state index contributed by atoms with van der Waals surface area (Å²) in [5.74, 6) is 0.107. The third-order valence-corrected chi connectivity index (χ3v) is 3.65. The van der Waals surface area contributed by atoms with Crippen LogP contribution in [0.25, 0.3) is 0 Å². The van der Waals surface area contributed by atoms with E-state index in [9.17, 15) is 18.0 Å². The molecular weight excluding hydrogens is 337 g/mol. The molecule has 1 aromatic heterocycles. The third-order valence-electron chi connectivity index (χ3n) is 3.65. The van der Waals surface area contributed by atoms with Crippen molar-refractivity contribution in [3.8, 4) is 0 Å². The predicted octanol–water partition coefficient (Wildman–Crippen LogP) is 2.71. The lowest BCUT2D eigenvalue weighted by Crippen LogP contribution is -2.41. The fraction of sp³-hybridized carbons (Fsp3) is 0.312. The molecule has 25 heavy (non-hydrogen) atoms. The van der Waals surface area contributed by atoms with Gasteiger partial charge in [0.25, 0.3) is 5.91 Å². The molecule has 0 bridgehead atoms. The van der Waals surface area contributed by atoms with Crippen LogP contribution in [0.2, 0.25) is 0 Å². The lowest BCUT2D eigenvalue weighted by molar-refractivity contribution is -0.137. The van der Waals surface area contributed by atoms with E-state index in [-0.39, 0.29) is 11.6 Å². The van der Waals surface area contributed by atoms with Crippen molar-refractivity contribution in [1.82, 2.24) is 14.9 Å². The fourth-order valence-electron chi connectivity index (χ4n) is 2.32. The van der Waals surface area contributed by atoms with Gasteiger partial charge in [0.1, 0.15) is 11.5 Å². The van der Waals surface area contributed by atoms with Crippen LogP contribution < -0.4 is 5.32 Å². The van der Waals surface area contributed by atoms with Gasteiger partial charge in [0.15, 0.2) is 0 Å². The Kier molecular flexibility index (Phi) is 4.84. The van der Waals surface area contributed by atoms with E-state index in [1.165, 1.54) is 24.5 Å². The number of amides is 1. The van der Waals surface area contributed by atoms with Crippen molar-refractivity contribution < 1.29 is 22.7 Å². The first-order valence-electron chi connectivity index (χ1n) is 7.57. The topological polar surface area (TPSA) is 67.4 Å². The summed E-state index contributed by atoms with van der Waals surface area (Å²) >= 11 is 0. The highest BCUT2D eigenvalue weighted by Crippen LogP contribution is 2.30. The second-order valence-corrected chi connectivity index (χ2v) is 5.39. The molecule has 1 saturated heterocycles. The van der Waals surface area contributed by atoms with Crippen LogP contribution in [-0.2, 0) is 10.9 Å². The molecule has 9 heteroatoms. The summed E-state index contributed by atoms with van der Waals surface area (Å²) in [6.07, 6.45) is -1.67. The predicted molar refractivity (Wildman–Crippen MR) is 83.5 cm³/mol. The third kappa shape index (κ3) is 4.24. The van der Waals surface area contributed by atoms with E-state index in [0.717, 1.165) is 12.1 Å². The van der Waals surface area contributed by atoms with Crippen molar-refractivity contribution in [3.63, 3.8) is 0 Å². The van der Waals surface area contributed by atoms with E-state index in [2.05, 4.69) is 15.3 Å². The molecule has 1 aliphatic rings. The summed E-state index contributed by atoms with van der Waals surface area (Å²) in [6.45, 7) is 2.00. The summed E-state index contributed by atoms with van der Waals surface area (Å²) in [5, 5.41) is 2.84. The second kappa shape index (κ2) is 7.06. The quantitative estimate of drug-likeness (QED) is 0.920. The highest BCUT2D eigenvalue weighted by atomic mass is 19.4. The second-order valence-electron chi connectivity index (χ2n) is 5.39. The molecule has 0 spiro atoms. The van der Waals surface area contributed by atoms with Gasteiger partial charge in [-0.2, -0.15) is 13.2 Å². The number of carbonyl (C=O) groups is 1. The molecule has 0 atom stereocenters. The average molecular weight is 352 g/mol. The highest BCUT2D eigenvalue weighted by molar-refractivity contribution is 5.92. The lowest BCUT2D eigenvalue weighted by atomic mass is 10.2. The number of aromatic nitrogens is 2. The van der Waals surface area contributed by atoms with E-state index in [1.54, 1.807) is 4.90 Å². The number of hydrogen-bond acceptors (Lipinski definition) is 5. The van der Waals surface area contributed by atoms with Crippen LogP contribution in [0.15, 0.2) is 36.7 Å². The van der Waals surface area contributed by atoms with Gasteiger partial charge in [-0.1, -0.05) is 0 Å². The molecule has 1 amide bonds. The van der Waals surface area contributed by atoms with Crippen molar-refractivity contribution in [2.75, 3.05) is 31.6 Å². The minimum atomic E-state index is -4.38. The molecule has 0 saturated carbocycles. The van der Waals surface area contributed by atoms with E-state index >= 15 is 0 Å². The summed E-state index contributed by atoms with van der Waals surface area (Å²) in [7, 11) is 0. The van der Waals surface area contributed by atoms with Gasteiger partial charge in [-0.3, -0.25) is 4.79 Å². The number of nitrogens with one attached hydrogen (secondary N) is 1. The summed E-state index contributed by atoms with van der Waals surface area (Å²) in [4.78, 5) is 22.0. The Hall–Kier alpha value is -2.68. The van der Waals surface area contributed by atoms with Crippen molar-refractivity contribution in [1.29, 1.82) is 0 Å². The summed E-state index contributed by atoms with van der Waals surface area (Å²) in [5.41, 5.74) is -0.0787. The van der Waals surface area contributed by atoms with Gasteiger partial charge in [-0.15, -0.1) is 0 Å². The number of morpholine rings is 1. The number of hydrogen-bond donors (Lipinski definition) is 1. The van der Waals surface area contributed by atoms with Gasteiger partial charge >= 0.3 is 6.18 Å². The molecule has 0 radical (unpaired) electrons. The van der Waals surface area contributed by atoms with Gasteiger partial charge in [0.2, 0.25) is 0 Å². The van der Waals surface area contributed by atoms with Crippen LogP contribution >= 0.6 is 0 Å². The van der Waals surface area contributed by atoms with Crippen molar-refractivity contribution in [2.24, 2.45) is 0 Å². The number of halogens is 3. The SMILES string of the molecule is O=C(c1cnc(Nc2ccc(C(F)(F)F)cc2)cn1)N1CCOCC1. The molecule has 1 aliphatic heterocycles. The number of rotatable bonds is 3. The first-order valence-corrected chi connectivity index (χ1v) is 7.57.